The van der Waals surface area contributed by atoms with Gasteiger partial charge in [-0.3, -0.25) is 0 Å². The van der Waals surface area contributed by atoms with Crippen molar-refractivity contribution in [3.05, 3.63) is 52.8 Å². The smallest absolute Gasteiger partial charge is 0.172 e. The highest BCUT2D eigenvalue weighted by Gasteiger charge is 2.20. The Morgan fingerprint density at radius 3 is 2.92 bits per heavy atom. The molecule has 0 aliphatic carbocycles. The van der Waals surface area contributed by atoms with E-state index in [1.54, 1.807) is 13.2 Å². The van der Waals surface area contributed by atoms with Crippen LogP contribution in [0.15, 0.2) is 36.4 Å². The second-order valence-electron chi connectivity index (χ2n) is 5.53. The number of methoxy groups -OCH3 is 1. The number of hydrogen-bond acceptors (Lipinski definition) is 4. The van der Waals surface area contributed by atoms with Crippen molar-refractivity contribution in [3.8, 4) is 17.2 Å². The predicted octanol–water partition coefficient (Wildman–Crippen LogP) is 3.81. The molecule has 1 N–H and O–H groups in total. The molecule has 4 nitrogen and oxygen atoms in total. The van der Waals surface area contributed by atoms with Gasteiger partial charge in [0.2, 0.25) is 0 Å². The molecular formula is C18H19ClFNO3. The van der Waals surface area contributed by atoms with E-state index >= 15 is 0 Å². The number of nitrogens with one attached hydrogen (secondary N) is 1. The highest BCUT2D eigenvalue weighted by molar-refractivity contribution is 6.32. The number of ether oxygens (including phenoxy) is 3. The highest BCUT2D eigenvalue weighted by atomic mass is 35.5. The van der Waals surface area contributed by atoms with Crippen LogP contribution in [0.5, 0.6) is 17.2 Å². The fourth-order valence-electron chi connectivity index (χ4n) is 2.66. The third-order valence-electron chi connectivity index (χ3n) is 3.84. The van der Waals surface area contributed by atoms with Crippen LogP contribution >= 0.6 is 11.6 Å². The Balaban J connectivity index is 1.90. The van der Waals surface area contributed by atoms with Crippen molar-refractivity contribution in [1.82, 2.24) is 5.32 Å². The van der Waals surface area contributed by atoms with E-state index in [4.69, 9.17) is 25.8 Å². The summed E-state index contributed by atoms with van der Waals surface area (Å²) in [6, 6.07) is 9.66. The summed E-state index contributed by atoms with van der Waals surface area (Å²) in [7, 11) is 1.57. The summed E-state index contributed by atoms with van der Waals surface area (Å²) in [4.78, 5) is 0. The first-order chi connectivity index (χ1) is 11.7. The number of para-hydroxylation sites is 1. The van der Waals surface area contributed by atoms with Crippen LogP contribution < -0.4 is 14.8 Å². The van der Waals surface area contributed by atoms with Gasteiger partial charge in [-0.05, 0) is 18.2 Å². The van der Waals surface area contributed by atoms with E-state index < -0.39 is 5.82 Å². The largest absolute Gasteiger partial charge is 0.493 e. The molecule has 1 heterocycles. The van der Waals surface area contributed by atoms with Gasteiger partial charge < -0.3 is 19.5 Å². The van der Waals surface area contributed by atoms with Crippen molar-refractivity contribution in [2.75, 3.05) is 26.8 Å². The van der Waals surface area contributed by atoms with Gasteiger partial charge in [0, 0.05) is 31.1 Å². The van der Waals surface area contributed by atoms with Gasteiger partial charge >= 0.3 is 0 Å². The lowest BCUT2D eigenvalue weighted by molar-refractivity contribution is 0.0289. The molecule has 1 saturated heterocycles. The zero-order valence-electron chi connectivity index (χ0n) is 13.4. The van der Waals surface area contributed by atoms with E-state index in [9.17, 15) is 4.39 Å². The van der Waals surface area contributed by atoms with Crippen LogP contribution in [-0.4, -0.2) is 32.9 Å². The molecule has 2 aromatic carbocycles. The van der Waals surface area contributed by atoms with Gasteiger partial charge in [0.25, 0.3) is 0 Å². The third kappa shape index (κ3) is 3.98. The molecule has 1 fully saturated rings. The zero-order valence-corrected chi connectivity index (χ0v) is 14.1. The summed E-state index contributed by atoms with van der Waals surface area (Å²) >= 11 is 6.12. The number of hydrogen-bond donors (Lipinski definition) is 1. The Morgan fingerprint density at radius 1 is 1.29 bits per heavy atom. The van der Waals surface area contributed by atoms with Gasteiger partial charge in [-0.2, -0.15) is 0 Å². The van der Waals surface area contributed by atoms with E-state index in [-0.39, 0.29) is 11.9 Å². The van der Waals surface area contributed by atoms with Gasteiger partial charge in [0.05, 0.1) is 24.8 Å². The summed E-state index contributed by atoms with van der Waals surface area (Å²) in [5.41, 5.74) is 0.920. The molecule has 1 atom stereocenters. The minimum atomic E-state index is -0.411. The lowest BCUT2D eigenvalue weighted by Crippen LogP contribution is -2.39. The molecule has 0 radical (unpaired) electrons. The van der Waals surface area contributed by atoms with Gasteiger partial charge in [-0.25, -0.2) is 4.39 Å². The first kappa shape index (κ1) is 17.0. The molecule has 1 aliphatic rings. The second kappa shape index (κ2) is 7.83. The van der Waals surface area contributed by atoms with Gasteiger partial charge in [-0.15, -0.1) is 0 Å². The standard InChI is InChI=1S/C18H19ClFNO3/c1-22-16-4-2-3-12(9-14-11-21-7-8-23-14)18(16)24-17-10-13(20)5-6-15(17)19/h2-6,10,14,21H,7-9,11H2,1H3/t14-/m0/s1. The lowest BCUT2D eigenvalue weighted by atomic mass is 10.1. The normalized spacial score (nSPS) is 17.5. The van der Waals surface area contributed by atoms with Crippen molar-refractivity contribution in [1.29, 1.82) is 0 Å². The maximum atomic E-state index is 13.5. The molecule has 24 heavy (non-hydrogen) atoms. The Morgan fingerprint density at radius 2 is 2.17 bits per heavy atom. The van der Waals surface area contributed by atoms with E-state index in [0.717, 1.165) is 18.7 Å². The molecule has 128 valence electrons. The van der Waals surface area contributed by atoms with Gasteiger partial charge in [-0.1, -0.05) is 23.7 Å². The Kier molecular flexibility index (Phi) is 5.56. The third-order valence-corrected chi connectivity index (χ3v) is 4.15. The van der Waals surface area contributed by atoms with Crippen molar-refractivity contribution < 1.29 is 18.6 Å². The van der Waals surface area contributed by atoms with E-state index in [1.807, 2.05) is 12.1 Å². The second-order valence-corrected chi connectivity index (χ2v) is 5.93. The maximum absolute atomic E-state index is 13.5. The lowest BCUT2D eigenvalue weighted by Gasteiger charge is -2.25. The Bertz CT molecular complexity index is 705. The van der Waals surface area contributed by atoms with Crippen molar-refractivity contribution in [2.45, 2.75) is 12.5 Å². The Hall–Kier alpha value is -1.82. The fraction of sp³-hybridized carbons (Fsp3) is 0.333. The van der Waals surface area contributed by atoms with Crippen LogP contribution in [0.1, 0.15) is 5.56 Å². The fourth-order valence-corrected chi connectivity index (χ4v) is 2.82. The molecule has 1 aliphatic heterocycles. The van der Waals surface area contributed by atoms with E-state index in [0.29, 0.717) is 29.5 Å². The number of halogens is 2. The molecular weight excluding hydrogens is 333 g/mol. The summed E-state index contributed by atoms with van der Waals surface area (Å²) in [5, 5.41) is 3.64. The number of morpholine rings is 1. The minimum absolute atomic E-state index is 0.0520. The van der Waals surface area contributed by atoms with Crippen LogP contribution in [0.3, 0.4) is 0 Å². The van der Waals surface area contributed by atoms with Crippen LogP contribution in [0, 0.1) is 5.82 Å². The first-order valence-corrected chi connectivity index (χ1v) is 8.16. The maximum Gasteiger partial charge on any atom is 0.172 e. The van der Waals surface area contributed by atoms with E-state index in [1.165, 1.54) is 18.2 Å². The summed E-state index contributed by atoms with van der Waals surface area (Å²) in [5.74, 6) is 0.939. The van der Waals surface area contributed by atoms with Crippen molar-refractivity contribution in [3.63, 3.8) is 0 Å². The summed E-state index contributed by atoms with van der Waals surface area (Å²) < 4.78 is 30.6. The minimum Gasteiger partial charge on any atom is -0.493 e. The summed E-state index contributed by atoms with van der Waals surface area (Å²) in [6.07, 6.45) is 0.711. The molecule has 2 aromatic rings. The predicted molar refractivity (Wildman–Crippen MR) is 90.8 cm³/mol. The monoisotopic (exact) mass is 351 g/mol. The van der Waals surface area contributed by atoms with E-state index in [2.05, 4.69) is 5.32 Å². The molecule has 0 amide bonds. The van der Waals surface area contributed by atoms with Crippen molar-refractivity contribution >= 4 is 11.6 Å². The zero-order chi connectivity index (χ0) is 16.9. The van der Waals surface area contributed by atoms with Crippen LogP contribution in [0.4, 0.5) is 4.39 Å². The molecule has 0 saturated carbocycles. The van der Waals surface area contributed by atoms with Gasteiger partial charge in [0.1, 0.15) is 11.6 Å². The molecule has 0 aromatic heterocycles. The van der Waals surface area contributed by atoms with Crippen LogP contribution in [0.2, 0.25) is 5.02 Å². The molecule has 0 bridgehead atoms. The molecule has 3 rings (SSSR count). The van der Waals surface area contributed by atoms with Crippen LogP contribution in [-0.2, 0) is 11.2 Å². The topological polar surface area (TPSA) is 39.7 Å². The Labute approximate surface area is 145 Å². The first-order valence-electron chi connectivity index (χ1n) is 7.78. The van der Waals surface area contributed by atoms with Crippen LogP contribution in [0.25, 0.3) is 0 Å². The quantitative estimate of drug-likeness (QED) is 0.889. The average Bonchev–Trinajstić information content (AvgIpc) is 2.60. The SMILES string of the molecule is COc1cccc(C[C@H]2CNCCO2)c1Oc1cc(F)ccc1Cl. The molecule has 0 unspecified atom stereocenters. The molecule has 0 spiro atoms. The number of rotatable bonds is 5. The van der Waals surface area contributed by atoms with Crippen molar-refractivity contribution in [2.24, 2.45) is 0 Å². The number of benzene rings is 2. The molecule has 6 heteroatoms. The van der Waals surface area contributed by atoms with Gasteiger partial charge in [0.15, 0.2) is 11.5 Å². The summed E-state index contributed by atoms with van der Waals surface area (Å²) in [6.45, 7) is 2.31. The average molecular weight is 352 g/mol. The highest BCUT2D eigenvalue weighted by Crippen LogP contribution is 2.38.